The molecular formula is C18H23NO2. The normalized spacial score (nSPS) is 12.0. The van der Waals surface area contributed by atoms with E-state index in [2.05, 4.69) is 12.1 Å². The third-order valence-corrected chi connectivity index (χ3v) is 3.28. The molecule has 0 aliphatic carbocycles. The highest BCUT2D eigenvalue weighted by Crippen LogP contribution is 2.21. The molecule has 2 rings (SSSR count). The molecule has 2 N–H and O–H groups in total. The van der Waals surface area contributed by atoms with Crippen LogP contribution in [0.2, 0.25) is 0 Å². The smallest absolute Gasteiger partial charge is 0.119 e. The summed E-state index contributed by atoms with van der Waals surface area (Å²) in [6.45, 7) is 5.31. The van der Waals surface area contributed by atoms with E-state index in [1.165, 1.54) is 5.56 Å². The molecule has 0 aliphatic heterocycles. The van der Waals surface area contributed by atoms with Crippen molar-refractivity contribution in [2.45, 2.75) is 26.3 Å². The first kappa shape index (κ1) is 15.4. The molecule has 0 heterocycles. The molecule has 3 nitrogen and oxygen atoms in total. The fourth-order valence-corrected chi connectivity index (χ4v) is 2.28. The van der Waals surface area contributed by atoms with Crippen LogP contribution in [0.25, 0.3) is 0 Å². The topological polar surface area (TPSA) is 44.5 Å². The van der Waals surface area contributed by atoms with Crippen LogP contribution in [0.4, 0.5) is 0 Å². The summed E-state index contributed by atoms with van der Waals surface area (Å²) >= 11 is 0. The molecule has 0 saturated carbocycles. The van der Waals surface area contributed by atoms with Crippen molar-refractivity contribution in [1.82, 2.24) is 0 Å². The third kappa shape index (κ3) is 4.50. The molecule has 0 fully saturated rings. The van der Waals surface area contributed by atoms with Gasteiger partial charge in [0.1, 0.15) is 11.5 Å². The second-order valence-electron chi connectivity index (χ2n) is 4.89. The SMILES string of the molecule is CCOc1ccc(C(N)Cc2cccc(OCC)c2)cc1. The Hall–Kier alpha value is -2.00. The van der Waals surface area contributed by atoms with Crippen LogP contribution in [0.1, 0.15) is 31.0 Å². The van der Waals surface area contributed by atoms with E-state index in [0.717, 1.165) is 23.5 Å². The van der Waals surface area contributed by atoms with Gasteiger partial charge in [0, 0.05) is 6.04 Å². The van der Waals surface area contributed by atoms with Gasteiger partial charge in [0.2, 0.25) is 0 Å². The molecule has 1 unspecified atom stereocenters. The Morgan fingerprint density at radius 3 is 2.24 bits per heavy atom. The molecule has 0 spiro atoms. The minimum absolute atomic E-state index is 0.0300. The van der Waals surface area contributed by atoms with Crippen LogP contribution in [0.3, 0.4) is 0 Å². The summed E-state index contributed by atoms with van der Waals surface area (Å²) in [7, 11) is 0. The zero-order valence-corrected chi connectivity index (χ0v) is 12.7. The molecule has 0 bridgehead atoms. The van der Waals surface area contributed by atoms with Crippen LogP contribution < -0.4 is 15.2 Å². The summed E-state index contributed by atoms with van der Waals surface area (Å²) in [5.74, 6) is 1.78. The van der Waals surface area contributed by atoms with Crippen LogP contribution >= 0.6 is 0 Å². The van der Waals surface area contributed by atoms with Crippen molar-refractivity contribution in [3.05, 3.63) is 59.7 Å². The Balaban J connectivity index is 2.03. The van der Waals surface area contributed by atoms with E-state index in [-0.39, 0.29) is 6.04 Å². The highest BCUT2D eigenvalue weighted by atomic mass is 16.5. The predicted octanol–water partition coefficient (Wildman–Crippen LogP) is 3.73. The lowest BCUT2D eigenvalue weighted by Gasteiger charge is -2.14. The van der Waals surface area contributed by atoms with Gasteiger partial charge in [0.05, 0.1) is 13.2 Å². The molecule has 2 aromatic carbocycles. The average molecular weight is 285 g/mol. The van der Waals surface area contributed by atoms with E-state index >= 15 is 0 Å². The van der Waals surface area contributed by atoms with E-state index in [4.69, 9.17) is 15.2 Å². The summed E-state index contributed by atoms with van der Waals surface area (Å²) in [6, 6.07) is 16.1. The van der Waals surface area contributed by atoms with Crippen molar-refractivity contribution in [1.29, 1.82) is 0 Å². The molecule has 1 atom stereocenters. The number of ether oxygens (including phenoxy) is 2. The van der Waals surface area contributed by atoms with E-state index < -0.39 is 0 Å². The van der Waals surface area contributed by atoms with Crippen molar-refractivity contribution in [2.75, 3.05) is 13.2 Å². The molecule has 0 amide bonds. The Labute approximate surface area is 126 Å². The Bertz CT molecular complexity index is 551. The van der Waals surface area contributed by atoms with Gasteiger partial charge in [-0.2, -0.15) is 0 Å². The van der Waals surface area contributed by atoms with Crippen LogP contribution in [-0.4, -0.2) is 13.2 Å². The van der Waals surface area contributed by atoms with Crippen LogP contribution in [-0.2, 0) is 6.42 Å². The van der Waals surface area contributed by atoms with Crippen molar-refractivity contribution in [2.24, 2.45) is 5.73 Å². The monoisotopic (exact) mass is 285 g/mol. The van der Waals surface area contributed by atoms with Gasteiger partial charge in [-0.3, -0.25) is 0 Å². The summed E-state index contributed by atoms with van der Waals surface area (Å²) in [5.41, 5.74) is 8.59. The van der Waals surface area contributed by atoms with Gasteiger partial charge in [-0.1, -0.05) is 24.3 Å². The molecule has 3 heteroatoms. The zero-order chi connectivity index (χ0) is 15.1. The average Bonchev–Trinajstić information content (AvgIpc) is 2.49. The molecule has 112 valence electrons. The molecule has 0 radical (unpaired) electrons. The second-order valence-corrected chi connectivity index (χ2v) is 4.89. The summed E-state index contributed by atoms with van der Waals surface area (Å²) in [6.07, 6.45) is 0.787. The molecule has 2 aromatic rings. The molecule has 21 heavy (non-hydrogen) atoms. The minimum atomic E-state index is -0.0300. The number of rotatable bonds is 7. The van der Waals surface area contributed by atoms with Gasteiger partial charge in [0.15, 0.2) is 0 Å². The van der Waals surface area contributed by atoms with Crippen molar-refractivity contribution < 1.29 is 9.47 Å². The van der Waals surface area contributed by atoms with Crippen molar-refractivity contribution in [3.8, 4) is 11.5 Å². The first-order valence-electron chi connectivity index (χ1n) is 7.43. The maximum absolute atomic E-state index is 6.29. The lowest BCUT2D eigenvalue weighted by atomic mass is 9.99. The largest absolute Gasteiger partial charge is 0.494 e. The fourth-order valence-electron chi connectivity index (χ4n) is 2.28. The van der Waals surface area contributed by atoms with Gasteiger partial charge in [-0.15, -0.1) is 0 Å². The summed E-state index contributed by atoms with van der Waals surface area (Å²) < 4.78 is 11.0. The lowest BCUT2D eigenvalue weighted by Crippen LogP contribution is -2.13. The van der Waals surface area contributed by atoms with E-state index in [9.17, 15) is 0 Å². The maximum Gasteiger partial charge on any atom is 0.119 e. The Morgan fingerprint density at radius 2 is 1.57 bits per heavy atom. The second kappa shape index (κ2) is 7.70. The minimum Gasteiger partial charge on any atom is -0.494 e. The van der Waals surface area contributed by atoms with Gasteiger partial charge in [-0.05, 0) is 55.7 Å². The standard InChI is InChI=1S/C18H23NO2/c1-3-20-16-10-8-15(9-11-16)18(19)13-14-6-5-7-17(12-14)21-4-2/h5-12,18H,3-4,13,19H2,1-2H3. The van der Waals surface area contributed by atoms with Gasteiger partial charge in [-0.25, -0.2) is 0 Å². The van der Waals surface area contributed by atoms with Crippen molar-refractivity contribution in [3.63, 3.8) is 0 Å². The predicted molar refractivity (Wildman–Crippen MR) is 85.9 cm³/mol. The quantitative estimate of drug-likeness (QED) is 0.843. The van der Waals surface area contributed by atoms with Crippen molar-refractivity contribution >= 4 is 0 Å². The van der Waals surface area contributed by atoms with Crippen LogP contribution in [0, 0.1) is 0 Å². The van der Waals surface area contributed by atoms with E-state index in [0.29, 0.717) is 13.2 Å². The summed E-state index contributed by atoms with van der Waals surface area (Å²) in [4.78, 5) is 0. The van der Waals surface area contributed by atoms with Crippen LogP contribution in [0.5, 0.6) is 11.5 Å². The number of hydrogen-bond acceptors (Lipinski definition) is 3. The molecular weight excluding hydrogens is 262 g/mol. The van der Waals surface area contributed by atoms with Crippen LogP contribution in [0.15, 0.2) is 48.5 Å². The highest BCUT2D eigenvalue weighted by Gasteiger charge is 2.08. The highest BCUT2D eigenvalue weighted by molar-refractivity contribution is 5.32. The fraction of sp³-hybridized carbons (Fsp3) is 0.333. The van der Waals surface area contributed by atoms with Gasteiger partial charge >= 0.3 is 0 Å². The molecule has 0 saturated heterocycles. The Kier molecular flexibility index (Phi) is 5.64. The molecule has 0 aliphatic rings. The van der Waals surface area contributed by atoms with Gasteiger partial charge in [0.25, 0.3) is 0 Å². The number of nitrogens with two attached hydrogens (primary N) is 1. The maximum atomic E-state index is 6.29. The Morgan fingerprint density at radius 1 is 0.905 bits per heavy atom. The molecule has 0 aromatic heterocycles. The zero-order valence-electron chi connectivity index (χ0n) is 12.7. The van der Waals surface area contributed by atoms with E-state index in [1.54, 1.807) is 0 Å². The number of benzene rings is 2. The first-order valence-corrected chi connectivity index (χ1v) is 7.43. The van der Waals surface area contributed by atoms with E-state index in [1.807, 2.05) is 50.2 Å². The number of hydrogen-bond donors (Lipinski definition) is 1. The third-order valence-electron chi connectivity index (χ3n) is 3.28. The first-order chi connectivity index (χ1) is 10.2. The lowest BCUT2D eigenvalue weighted by molar-refractivity contribution is 0.340. The van der Waals surface area contributed by atoms with Gasteiger partial charge < -0.3 is 15.2 Å². The summed E-state index contributed by atoms with van der Waals surface area (Å²) in [5, 5.41) is 0.